The molecule has 0 saturated carbocycles. The monoisotopic (exact) mass is 336 g/mol. The van der Waals surface area contributed by atoms with E-state index in [2.05, 4.69) is 10.3 Å². The molecule has 1 heterocycles. The number of carbonyl (C=O) groups excluding carboxylic acids is 2. The smallest absolute Gasteiger partial charge is 0.339 e. The van der Waals surface area contributed by atoms with Gasteiger partial charge in [0.05, 0.1) is 5.56 Å². The number of anilines is 1. The molecule has 0 saturated heterocycles. The van der Waals surface area contributed by atoms with Crippen LogP contribution in [0.1, 0.15) is 15.9 Å². The Morgan fingerprint density at radius 2 is 2.04 bits per heavy atom. The average Bonchev–Trinajstić information content (AvgIpc) is 2.47. The average molecular weight is 337 g/mol. The van der Waals surface area contributed by atoms with Crippen molar-refractivity contribution < 1.29 is 19.4 Å². The first kappa shape index (κ1) is 16.6. The minimum Gasteiger partial charge on any atom is -0.494 e. The molecular weight excluding hydrogens is 324 g/mol. The highest BCUT2D eigenvalue weighted by atomic mass is 35.5. The fourth-order valence-corrected chi connectivity index (χ4v) is 1.95. The molecule has 0 atom stereocenters. The van der Waals surface area contributed by atoms with Crippen LogP contribution in [0.3, 0.4) is 0 Å². The van der Waals surface area contributed by atoms with Gasteiger partial charge in [0.1, 0.15) is 0 Å². The van der Waals surface area contributed by atoms with E-state index in [0.29, 0.717) is 10.7 Å². The van der Waals surface area contributed by atoms with Gasteiger partial charge in [0.2, 0.25) is 0 Å². The lowest BCUT2D eigenvalue weighted by molar-refractivity contribution is -0.119. The van der Waals surface area contributed by atoms with Gasteiger partial charge in [0.25, 0.3) is 11.5 Å². The predicted molar refractivity (Wildman–Crippen MR) is 83.8 cm³/mol. The summed E-state index contributed by atoms with van der Waals surface area (Å²) in [5, 5.41) is 12.2. The van der Waals surface area contributed by atoms with E-state index in [4.69, 9.17) is 16.3 Å². The van der Waals surface area contributed by atoms with Crippen LogP contribution in [0, 0.1) is 6.92 Å². The van der Waals surface area contributed by atoms with Gasteiger partial charge >= 0.3 is 5.97 Å². The summed E-state index contributed by atoms with van der Waals surface area (Å²) in [6.07, 6.45) is 0. The minimum atomic E-state index is -0.899. The maximum Gasteiger partial charge on any atom is 0.339 e. The fraction of sp³-hybridized carbons (Fsp3) is 0.133. The van der Waals surface area contributed by atoms with Gasteiger partial charge in [-0.1, -0.05) is 17.7 Å². The quantitative estimate of drug-likeness (QED) is 0.738. The van der Waals surface area contributed by atoms with E-state index < -0.39 is 29.9 Å². The molecule has 0 radical (unpaired) electrons. The van der Waals surface area contributed by atoms with E-state index in [1.165, 1.54) is 0 Å². The van der Waals surface area contributed by atoms with E-state index >= 15 is 0 Å². The number of carbonyl (C=O) groups is 2. The molecule has 120 valence electrons. The van der Waals surface area contributed by atoms with Crippen molar-refractivity contribution in [2.75, 3.05) is 11.9 Å². The molecule has 0 unspecified atom stereocenters. The Kier molecular flexibility index (Phi) is 5.02. The maximum atomic E-state index is 11.8. The molecule has 8 heteroatoms. The van der Waals surface area contributed by atoms with Crippen molar-refractivity contribution in [3.63, 3.8) is 0 Å². The highest BCUT2D eigenvalue weighted by Crippen LogP contribution is 2.20. The zero-order valence-electron chi connectivity index (χ0n) is 12.1. The van der Waals surface area contributed by atoms with Crippen LogP contribution in [0.25, 0.3) is 0 Å². The number of rotatable bonds is 4. The zero-order valence-corrected chi connectivity index (χ0v) is 12.8. The van der Waals surface area contributed by atoms with Crippen molar-refractivity contribution in [2.45, 2.75) is 6.92 Å². The first-order valence-electron chi connectivity index (χ1n) is 6.51. The molecule has 7 nitrogen and oxygen atoms in total. The number of hydrogen-bond acceptors (Lipinski definition) is 5. The summed E-state index contributed by atoms with van der Waals surface area (Å²) in [5.74, 6) is -1.93. The molecule has 2 rings (SSSR count). The van der Waals surface area contributed by atoms with Crippen molar-refractivity contribution in [1.29, 1.82) is 0 Å². The SMILES string of the molecule is Cc1ccc(Cl)cc1NC(=O)COC(=O)c1cc(O)[nH]c(=O)c1. The van der Waals surface area contributed by atoms with Crippen LogP contribution < -0.4 is 10.9 Å². The number of pyridine rings is 1. The number of ether oxygens (including phenoxy) is 1. The highest BCUT2D eigenvalue weighted by Gasteiger charge is 2.13. The third-order valence-electron chi connectivity index (χ3n) is 2.87. The van der Waals surface area contributed by atoms with Crippen LogP contribution in [0.15, 0.2) is 35.1 Å². The molecule has 0 aliphatic heterocycles. The second-order valence-corrected chi connectivity index (χ2v) is 5.14. The summed E-state index contributed by atoms with van der Waals surface area (Å²) in [4.78, 5) is 36.8. The molecule has 1 amide bonds. The first-order valence-corrected chi connectivity index (χ1v) is 6.89. The Labute approximate surface area is 135 Å². The standard InChI is InChI=1S/C15H13ClN2O5/c1-8-2-3-10(16)6-11(8)17-14(21)7-23-15(22)9-4-12(19)18-13(20)5-9/h2-6H,7H2,1H3,(H,17,21)(H2,18,19,20). The van der Waals surface area contributed by atoms with Gasteiger partial charge < -0.3 is 15.2 Å². The van der Waals surface area contributed by atoms with E-state index in [-0.39, 0.29) is 5.56 Å². The number of amides is 1. The van der Waals surface area contributed by atoms with Crippen LogP contribution >= 0.6 is 11.6 Å². The lowest BCUT2D eigenvalue weighted by atomic mass is 10.2. The van der Waals surface area contributed by atoms with Crippen molar-refractivity contribution in [2.24, 2.45) is 0 Å². The second kappa shape index (κ2) is 6.97. The largest absolute Gasteiger partial charge is 0.494 e. The van der Waals surface area contributed by atoms with Crippen molar-refractivity contribution in [3.05, 3.63) is 56.8 Å². The number of benzene rings is 1. The van der Waals surface area contributed by atoms with Gasteiger partial charge in [0, 0.05) is 22.8 Å². The Morgan fingerprint density at radius 1 is 1.30 bits per heavy atom. The third kappa shape index (κ3) is 4.58. The summed E-state index contributed by atoms with van der Waals surface area (Å²) >= 11 is 5.84. The van der Waals surface area contributed by atoms with Crippen LogP contribution in [-0.4, -0.2) is 28.6 Å². The van der Waals surface area contributed by atoms with Gasteiger partial charge in [-0.15, -0.1) is 0 Å². The minimum absolute atomic E-state index is 0.155. The lowest BCUT2D eigenvalue weighted by Gasteiger charge is -2.09. The van der Waals surface area contributed by atoms with Gasteiger partial charge in [0.15, 0.2) is 12.5 Å². The Hall–Kier alpha value is -2.80. The third-order valence-corrected chi connectivity index (χ3v) is 3.11. The van der Waals surface area contributed by atoms with Gasteiger partial charge in [-0.2, -0.15) is 0 Å². The van der Waals surface area contributed by atoms with Crippen LogP contribution in [-0.2, 0) is 9.53 Å². The number of nitrogens with one attached hydrogen (secondary N) is 2. The van der Waals surface area contributed by atoms with E-state index in [0.717, 1.165) is 17.7 Å². The molecular formula is C15H13ClN2O5. The molecule has 3 N–H and O–H groups in total. The first-order chi connectivity index (χ1) is 10.8. The second-order valence-electron chi connectivity index (χ2n) is 4.70. The molecule has 2 aromatic rings. The summed E-state index contributed by atoms with van der Waals surface area (Å²) in [6.45, 7) is 1.25. The van der Waals surface area contributed by atoms with Crippen molar-refractivity contribution in [3.8, 4) is 5.88 Å². The summed E-state index contributed by atoms with van der Waals surface area (Å²) in [7, 11) is 0. The predicted octanol–water partition coefficient (Wildman–Crippen LogP) is 1.84. The van der Waals surface area contributed by atoms with Crippen molar-refractivity contribution in [1.82, 2.24) is 4.98 Å². The number of halogens is 1. The molecule has 1 aromatic carbocycles. The molecule has 0 bridgehead atoms. The van der Waals surface area contributed by atoms with Crippen LogP contribution in [0.4, 0.5) is 5.69 Å². The topological polar surface area (TPSA) is 108 Å². The highest BCUT2D eigenvalue weighted by molar-refractivity contribution is 6.31. The normalized spacial score (nSPS) is 10.2. The molecule has 0 spiro atoms. The van der Waals surface area contributed by atoms with Crippen molar-refractivity contribution >= 4 is 29.2 Å². The molecule has 0 aliphatic carbocycles. The molecule has 0 fully saturated rings. The number of aryl methyl sites for hydroxylation is 1. The number of aromatic amines is 1. The number of esters is 1. The number of H-pyrrole nitrogens is 1. The molecule has 23 heavy (non-hydrogen) atoms. The van der Waals surface area contributed by atoms with Gasteiger partial charge in [-0.3, -0.25) is 14.6 Å². The summed E-state index contributed by atoms with van der Waals surface area (Å²) in [6, 6.07) is 6.99. The van der Waals surface area contributed by atoms with E-state index in [1.54, 1.807) is 25.1 Å². The number of hydrogen-bond donors (Lipinski definition) is 3. The molecule has 0 aliphatic rings. The fourth-order valence-electron chi connectivity index (χ4n) is 1.78. The van der Waals surface area contributed by atoms with Crippen LogP contribution in [0.5, 0.6) is 5.88 Å². The number of aromatic hydroxyl groups is 1. The lowest BCUT2D eigenvalue weighted by Crippen LogP contribution is -2.22. The summed E-state index contributed by atoms with van der Waals surface area (Å²) in [5.41, 5.74) is 0.495. The van der Waals surface area contributed by atoms with E-state index in [9.17, 15) is 19.5 Å². The van der Waals surface area contributed by atoms with Gasteiger partial charge in [-0.25, -0.2) is 4.79 Å². The van der Waals surface area contributed by atoms with Gasteiger partial charge in [-0.05, 0) is 24.6 Å². The Morgan fingerprint density at radius 3 is 2.74 bits per heavy atom. The Balaban J connectivity index is 1.97. The molecule has 1 aromatic heterocycles. The Bertz CT molecular complexity index is 816. The zero-order chi connectivity index (χ0) is 17.0. The maximum absolute atomic E-state index is 11.8. The van der Waals surface area contributed by atoms with Crippen LogP contribution in [0.2, 0.25) is 5.02 Å². The summed E-state index contributed by atoms with van der Waals surface area (Å²) < 4.78 is 4.79. The van der Waals surface area contributed by atoms with E-state index in [1.807, 2.05) is 0 Å². The number of aromatic nitrogens is 1.